The molecule has 0 spiro atoms. The number of fused-ring (bicyclic) bond motifs is 1. The van der Waals surface area contributed by atoms with Crippen LogP contribution < -0.4 is 10.4 Å². The highest BCUT2D eigenvalue weighted by atomic mass is 16.7. The Balaban J connectivity index is 1.90. The van der Waals surface area contributed by atoms with Gasteiger partial charge in [-0.15, -0.1) is 0 Å². The third-order valence-electron chi connectivity index (χ3n) is 3.93. The van der Waals surface area contributed by atoms with E-state index < -0.39 is 54.4 Å². The second kappa shape index (κ2) is 6.50. The molecule has 1 aromatic heterocycles. The number of rotatable bonds is 3. The molecule has 1 aromatic carbocycles. The molecule has 0 amide bonds. The van der Waals surface area contributed by atoms with E-state index in [9.17, 15) is 30.3 Å². The van der Waals surface area contributed by atoms with Crippen molar-refractivity contribution >= 4 is 11.0 Å². The summed E-state index contributed by atoms with van der Waals surface area (Å²) in [6, 6.07) is 3.84. The maximum absolute atomic E-state index is 11.4. The lowest BCUT2D eigenvalue weighted by Gasteiger charge is -2.39. The highest BCUT2D eigenvalue weighted by Crippen LogP contribution is 2.33. The first-order chi connectivity index (χ1) is 11.8. The van der Waals surface area contributed by atoms with Crippen LogP contribution in [-0.4, -0.2) is 68.0 Å². The quantitative estimate of drug-likeness (QED) is 0.351. The highest BCUT2D eigenvalue weighted by molar-refractivity contribution is 5.86. The van der Waals surface area contributed by atoms with Crippen LogP contribution in [0.15, 0.2) is 27.4 Å². The van der Waals surface area contributed by atoms with E-state index in [0.29, 0.717) is 0 Å². The Bertz CT molecular complexity index is 829. The summed E-state index contributed by atoms with van der Waals surface area (Å²) in [4.78, 5) is 11.4. The van der Waals surface area contributed by atoms with Crippen molar-refractivity contribution in [1.82, 2.24) is 0 Å². The predicted octanol–water partition coefficient (Wildman–Crippen LogP) is -1.62. The molecule has 0 unspecified atom stereocenters. The van der Waals surface area contributed by atoms with Crippen LogP contribution in [0.2, 0.25) is 0 Å². The van der Waals surface area contributed by atoms with Crippen LogP contribution in [0.3, 0.4) is 0 Å². The van der Waals surface area contributed by atoms with Crippen molar-refractivity contribution in [1.29, 1.82) is 0 Å². The summed E-state index contributed by atoms with van der Waals surface area (Å²) in [5.74, 6) is -1.52. The molecular formula is C15H16O10. The minimum absolute atomic E-state index is 0.0464. The van der Waals surface area contributed by atoms with Crippen LogP contribution in [0, 0.1) is 0 Å². The van der Waals surface area contributed by atoms with Gasteiger partial charge >= 0.3 is 5.63 Å². The third kappa shape index (κ3) is 3.01. The second-order valence-electron chi connectivity index (χ2n) is 5.56. The Morgan fingerprint density at radius 2 is 1.76 bits per heavy atom. The molecule has 2 heterocycles. The Labute approximate surface area is 139 Å². The van der Waals surface area contributed by atoms with E-state index in [1.54, 1.807) is 0 Å². The molecule has 25 heavy (non-hydrogen) atoms. The first-order valence-electron chi connectivity index (χ1n) is 7.29. The molecule has 0 saturated carbocycles. The summed E-state index contributed by atoms with van der Waals surface area (Å²) in [5.41, 5.74) is -1.24. The number of aromatic hydroxyl groups is 2. The van der Waals surface area contributed by atoms with Gasteiger partial charge in [-0.2, -0.15) is 0 Å². The summed E-state index contributed by atoms with van der Waals surface area (Å²) < 4.78 is 15.4. The Morgan fingerprint density at radius 1 is 1.04 bits per heavy atom. The van der Waals surface area contributed by atoms with Crippen molar-refractivity contribution < 1.29 is 44.5 Å². The van der Waals surface area contributed by atoms with Gasteiger partial charge in [-0.1, -0.05) is 0 Å². The van der Waals surface area contributed by atoms with Crippen molar-refractivity contribution in [2.24, 2.45) is 0 Å². The van der Waals surface area contributed by atoms with Crippen LogP contribution in [0.5, 0.6) is 17.2 Å². The van der Waals surface area contributed by atoms with E-state index in [2.05, 4.69) is 0 Å². The standard InChI is InChI=1S/C15H16O10/c16-4-8-10(18)11(19)13(21)15(25-8)23-5-1-2-6-7(3-5)24-14(22)12(20)9(6)17/h1-3,8,10-11,13,15-21H,4H2/t8-,10+,11+,13-,15-/m1/s1. The fraction of sp³-hybridized carbons (Fsp3) is 0.400. The zero-order valence-corrected chi connectivity index (χ0v) is 12.6. The number of hydrogen-bond acceptors (Lipinski definition) is 10. The van der Waals surface area contributed by atoms with Crippen molar-refractivity contribution in [2.75, 3.05) is 6.61 Å². The van der Waals surface area contributed by atoms with Crippen molar-refractivity contribution in [3.8, 4) is 17.2 Å². The van der Waals surface area contributed by atoms with Gasteiger partial charge in [0.15, 0.2) is 5.75 Å². The Hall–Kier alpha value is -2.37. The monoisotopic (exact) mass is 356 g/mol. The molecule has 1 aliphatic rings. The minimum atomic E-state index is -1.60. The van der Waals surface area contributed by atoms with Gasteiger partial charge in [0, 0.05) is 6.07 Å². The fourth-order valence-electron chi connectivity index (χ4n) is 2.53. The molecule has 2 aromatic rings. The topological polar surface area (TPSA) is 170 Å². The largest absolute Gasteiger partial charge is 0.504 e. The Morgan fingerprint density at radius 3 is 2.44 bits per heavy atom. The van der Waals surface area contributed by atoms with Gasteiger partial charge in [-0.25, -0.2) is 4.79 Å². The van der Waals surface area contributed by atoms with Gasteiger partial charge in [-0.3, -0.25) is 0 Å². The highest BCUT2D eigenvalue weighted by Gasteiger charge is 2.44. The van der Waals surface area contributed by atoms with E-state index >= 15 is 0 Å². The van der Waals surface area contributed by atoms with Gasteiger partial charge < -0.3 is 44.5 Å². The van der Waals surface area contributed by atoms with Crippen LogP contribution in [0.1, 0.15) is 0 Å². The van der Waals surface area contributed by atoms with Crippen molar-refractivity contribution in [2.45, 2.75) is 30.7 Å². The SMILES string of the molecule is O=c1oc2cc(O[C@@H]3O[C@H](CO)[C@H](O)[C@H](O)[C@H]3O)ccc2c(O)c1O. The molecule has 6 N–H and O–H groups in total. The van der Waals surface area contributed by atoms with E-state index in [1.165, 1.54) is 18.2 Å². The first-order valence-corrected chi connectivity index (χ1v) is 7.29. The fourth-order valence-corrected chi connectivity index (χ4v) is 2.53. The van der Waals surface area contributed by atoms with Crippen molar-refractivity contribution in [3.63, 3.8) is 0 Å². The molecule has 1 saturated heterocycles. The predicted molar refractivity (Wildman–Crippen MR) is 80.2 cm³/mol. The number of benzene rings is 1. The van der Waals surface area contributed by atoms with Crippen LogP contribution >= 0.6 is 0 Å². The normalized spacial score (nSPS) is 29.7. The molecule has 10 nitrogen and oxygen atoms in total. The maximum atomic E-state index is 11.4. The molecule has 10 heteroatoms. The number of hydrogen-bond donors (Lipinski definition) is 6. The zero-order valence-electron chi connectivity index (χ0n) is 12.6. The average molecular weight is 356 g/mol. The molecule has 0 bridgehead atoms. The lowest BCUT2D eigenvalue weighted by Crippen LogP contribution is -2.60. The summed E-state index contributed by atoms with van der Waals surface area (Å²) in [6.45, 7) is -0.607. The van der Waals surface area contributed by atoms with Crippen LogP contribution in [0.4, 0.5) is 0 Å². The Kier molecular flexibility index (Phi) is 4.54. The summed E-state index contributed by atoms with van der Waals surface area (Å²) in [7, 11) is 0. The summed E-state index contributed by atoms with van der Waals surface area (Å²) in [5, 5.41) is 57.7. The summed E-state index contributed by atoms with van der Waals surface area (Å²) in [6.07, 6.45) is -7.27. The maximum Gasteiger partial charge on any atom is 0.382 e. The molecule has 1 fully saturated rings. The molecule has 0 radical (unpaired) electrons. The van der Waals surface area contributed by atoms with Gasteiger partial charge in [0.1, 0.15) is 35.7 Å². The second-order valence-corrected chi connectivity index (χ2v) is 5.56. The van der Waals surface area contributed by atoms with E-state index in [4.69, 9.17) is 19.0 Å². The van der Waals surface area contributed by atoms with Crippen molar-refractivity contribution in [3.05, 3.63) is 28.6 Å². The molecule has 0 aliphatic carbocycles. The average Bonchev–Trinajstić information content (AvgIpc) is 2.60. The minimum Gasteiger partial charge on any atom is -0.504 e. The molecular weight excluding hydrogens is 340 g/mol. The number of ether oxygens (including phenoxy) is 2. The van der Waals surface area contributed by atoms with Gasteiger partial charge in [0.05, 0.1) is 12.0 Å². The van der Waals surface area contributed by atoms with Gasteiger partial charge in [0.2, 0.25) is 12.0 Å². The van der Waals surface area contributed by atoms with Crippen LogP contribution in [-0.2, 0) is 4.74 Å². The van der Waals surface area contributed by atoms with E-state index in [-0.39, 0.29) is 16.7 Å². The number of aliphatic hydroxyl groups is 4. The van der Waals surface area contributed by atoms with E-state index in [1.807, 2.05) is 0 Å². The lowest BCUT2D eigenvalue weighted by molar-refractivity contribution is -0.277. The molecule has 1 aliphatic heterocycles. The van der Waals surface area contributed by atoms with Crippen LogP contribution in [0.25, 0.3) is 11.0 Å². The molecule has 136 valence electrons. The first kappa shape index (κ1) is 17.5. The molecule has 3 rings (SSSR count). The number of aliphatic hydroxyl groups excluding tert-OH is 4. The smallest absolute Gasteiger partial charge is 0.382 e. The molecule has 5 atom stereocenters. The summed E-state index contributed by atoms with van der Waals surface area (Å²) >= 11 is 0. The zero-order chi connectivity index (χ0) is 18.3. The van der Waals surface area contributed by atoms with Gasteiger partial charge in [-0.05, 0) is 12.1 Å². The lowest BCUT2D eigenvalue weighted by atomic mass is 9.99. The van der Waals surface area contributed by atoms with Gasteiger partial charge in [0.25, 0.3) is 0 Å². The third-order valence-corrected chi connectivity index (χ3v) is 3.93. The van der Waals surface area contributed by atoms with E-state index in [0.717, 1.165) is 0 Å².